The van der Waals surface area contributed by atoms with Crippen molar-refractivity contribution in [2.75, 3.05) is 32.7 Å². The maximum absolute atomic E-state index is 5.64. The van der Waals surface area contributed by atoms with E-state index in [-0.39, 0.29) is 6.10 Å². The van der Waals surface area contributed by atoms with E-state index in [4.69, 9.17) is 16.3 Å². The molecule has 1 aliphatic rings. The van der Waals surface area contributed by atoms with Crippen LogP contribution in [0.4, 0.5) is 0 Å². The van der Waals surface area contributed by atoms with Gasteiger partial charge in [0.25, 0.3) is 0 Å². The molecule has 0 bridgehead atoms. The van der Waals surface area contributed by atoms with E-state index in [0.29, 0.717) is 5.16 Å². The minimum atomic E-state index is 0.251. The van der Waals surface area contributed by atoms with Crippen molar-refractivity contribution in [2.45, 2.75) is 25.9 Å². The Labute approximate surface area is 109 Å². The molecule has 0 spiro atoms. The van der Waals surface area contributed by atoms with Crippen LogP contribution in [0.3, 0.4) is 0 Å². The standard InChI is InChI=1S/C12H22ClN3O/c1-3-4-5-15-6-7-16-8-11(9-16)17-10-12(13)14-2/h10-11,15H,2-9H2,1H3. The predicted molar refractivity (Wildman–Crippen MR) is 72.6 cm³/mol. The first-order valence-corrected chi connectivity index (χ1v) is 6.55. The second-order valence-electron chi connectivity index (χ2n) is 4.22. The van der Waals surface area contributed by atoms with Crippen molar-refractivity contribution >= 4 is 18.3 Å². The normalized spacial score (nSPS) is 17.9. The van der Waals surface area contributed by atoms with Gasteiger partial charge in [0.15, 0.2) is 5.16 Å². The fraction of sp³-hybridized carbons (Fsp3) is 0.750. The summed E-state index contributed by atoms with van der Waals surface area (Å²) in [5.74, 6) is 0. The second-order valence-corrected chi connectivity index (χ2v) is 4.61. The molecule has 1 aliphatic heterocycles. The molecule has 1 fully saturated rings. The number of hydrogen-bond acceptors (Lipinski definition) is 4. The molecule has 0 aromatic rings. The molecule has 0 saturated carbocycles. The first-order valence-electron chi connectivity index (χ1n) is 6.17. The number of hydrogen-bond donors (Lipinski definition) is 1. The molecular weight excluding hydrogens is 238 g/mol. The number of halogens is 1. The summed E-state index contributed by atoms with van der Waals surface area (Å²) in [4.78, 5) is 5.90. The van der Waals surface area contributed by atoms with Crippen molar-refractivity contribution in [1.82, 2.24) is 10.2 Å². The van der Waals surface area contributed by atoms with Crippen LogP contribution in [0.5, 0.6) is 0 Å². The molecule has 0 aromatic heterocycles. The summed E-state index contributed by atoms with van der Waals surface area (Å²) in [5, 5.41) is 3.73. The maximum Gasteiger partial charge on any atom is 0.162 e. The first-order chi connectivity index (χ1) is 8.26. The molecule has 0 aromatic carbocycles. The van der Waals surface area contributed by atoms with Crippen molar-refractivity contribution in [2.24, 2.45) is 4.99 Å². The molecule has 5 heteroatoms. The van der Waals surface area contributed by atoms with Gasteiger partial charge in [-0.1, -0.05) is 24.9 Å². The highest BCUT2D eigenvalue weighted by molar-refractivity contribution is 6.29. The molecule has 0 atom stereocenters. The zero-order chi connectivity index (χ0) is 12.5. The summed E-state index contributed by atoms with van der Waals surface area (Å²) in [5.41, 5.74) is 0. The van der Waals surface area contributed by atoms with E-state index in [1.807, 2.05) is 0 Å². The lowest BCUT2D eigenvalue weighted by Gasteiger charge is -2.38. The van der Waals surface area contributed by atoms with Gasteiger partial charge in [-0.25, -0.2) is 4.99 Å². The summed E-state index contributed by atoms with van der Waals surface area (Å²) in [6.45, 7) is 10.7. The van der Waals surface area contributed by atoms with Gasteiger partial charge in [0.2, 0.25) is 0 Å². The van der Waals surface area contributed by atoms with Crippen molar-refractivity contribution in [1.29, 1.82) is 0 Å². The van der Waals surface area contributed by atoms with Gasteiger partial charge in [-0.05, 0) is 19.7 Å². The SMILES string of the molecule is C=NC(Cl)=COC1CN(CCNCCCC)C1. The number of nitrogens with zero attached hydrogens (tertiary/aromatic N) is 2. The Morgan fingerprint density at radius 3 is 3.00 bits per heavy atom. The highest BCUT2D eigenvalue weighted by atomic mass is 35.5. The zero-order valence-electron chi connectivity index (χ0n) is 10.5. The molecule has 0 radical (unpaired) electrons. The second kappa shape index (κ2) is 8.50. The number of likely N-dealkylation sites (tertiary alicyclic amines) is 1. The van der Waals surface area contributed by atoms with Gasteiger partial charge >= 0.3 is 0 Å². The Kier molecular flexibility index (Phi) is 7.24. The number of unbranched alkanes of at least 4 members (excludes halogenated alkanes) is 1. The van der Waals surface area contributed by atoms with Gasteiger partial charge in [-0.15, -0.1) is 0 Å². The first kappa shape index (κ1) is 14.5. The lowest BCUT2D eigenvalue weighted by Crippen LogP contribution is -2.53. The highest BCUT2D eigenvalue weighted by Crippen LogP contribution is 2.13. The van der Waals surface area contributed by atoms with Crippen LogP contribution in [-0.2, 0) is 4.74 Å². The lowest BCUT2D eigenvalue weighted by atomic mass is 10.2. The molecule has 1 heterocycles. The molecule has 0 amide bonds. The Morgan fingerprint density at radius 2 is 2.35 bits per heavy atom. The van der Waals surface area contributed by atoms with E-state index in [2.05, 4.69) is 28.9 Å². The van der Waals surface area contributed by atoms with E-state index >= 15 is 0 Å². The minimum Gasteiger partial charge on any atom is -0.492 e. The van der Waals surface area contributed by atoms with Crippen LogP contribution >= 0.6 is 11.6 Å². The van der Waals surface area contributed by atoms with E-state index in [1.54, 1.807) is 0 Å². The fourth-order valence-corrected chi connectivity index (χ4v) is 1.70. The third-order valence-electron chi connectivity index (χ3n) is 2.74. The van der Waals surface area contributed by atoms with Crippen molar-refractivity contribution in [3.8, 4) is 0 Å². The number of rotatable bonds is 9. The Bertz CT molecular complexity index is 252. The average Bonchev–Trinajstić information content (AvgIpc) is 2.29. The summed E-state index contributed by atoms with van der Waals surface area (Å²) in [7, 11) is 0. The topological polar surface area (TPSA) is 36.9 Å². The summed E-state index contributed by atoms with van der Waals surface area (Å²) < 4.78 is 5.42. The van der Waals surface area contributed by atoms with Gasteiger partial charge in [0.1, 0.15) is 12.4 Å². The van der Waals surface area contributed by atoms with Crippen molar-refractivity contribution < 1.29 is 4.74 Å². The quantitative estimate of drug-likeness (QED) is 0.297. The van der Waals surface area contributed by atoms with Crippen LogP contribution < -0.4 is 5.32 Å². The Morgan fingerprint density at radius 1 is 1.59 bits per heavy atom. The smallest absolute Gasteiger partial charge is 0.162 e. The predicted octanol–water partition coefficient (Wildman–Crippen LogP) is 1.82. The third-order valence-corrected chi connectivity index (χ3v) is 2.95. The number of nitrogens with one attached hydrogen (secondary N) is 1. The summed E-state index contributed by atoms with van der Waals surface area (Å²) >= 11 is 5.64. The minimum absolute atomic E-state index is 0.251. The van der Waals surface area contributed by atoms with Crippen molar-refractivity contribution in [3.63, 3.8) is 0 Å². The Hall–Kier alpha value is -0.580. The van der Waals surface area contributed by atoms with Crippen LogP contribution in [0, 0.1) is 0 Å². The van der Waals surface area contributed by atoms with E-state index in [1.165, 1.54) is 19.1 Å². The molecular formula is C12H22ClN3O. The molecule has 1 saturated heterocycles. The lowest BCUT2D eigenvalue weighted by molar-refractivity contribution is -0.00801. The molecule has 4 nitrogen and oxygen atoms in total. The monoisotopic (exact) mass is 259 g/mol. The third kappa shape index (κ3) is 6.05. The van der Waals surface area contributed by atoms with Gasteiger partial charge < -0.3 is 10.1 Å². The highest BCUT2D eigenvalue weighted by Gasteiger charge is 2.26. The number of aliphatic imine (C=N–C) groups is 1. The van der Waals surface area contributed by atoms with E-state index in [0.717, 1.165) is 32.7 Å². The van der Waals surface area contributed by atoms with Crippen LogP contribution in [-0.4, -0.2) is 50.4 Å². The van der Waals surface area contributed by atoms with Crippen LogP contribution in [0.2, 0.25) is 0 Å². The van der Waals surface area contributed by atoms with Crippen LogP contribution in [0.25, 0.3) is 0 Å². The molecule has 0 unspecified atom stereocenters. The molecule has 17 heavy (non-hydrogen) atoms. The molecule has 0 aliphatic carbocycles. The largest absolute Gasteiger partial charge is 0.492 e. The zero-order valence-corrected chi connectivity index (χ0v) is 11.2. The molecule has 1 rings (SSSR count). The van der Waals surface area contributed by atoms with E-state index in [9.17, 15) is 0 Å². The van der Waals surface area contributed by atoms with Gasteiger partial charge in [-0.2, -0.15) is 0 Å². The van der Waals surface area contributed by atoms with Crippen LogP contribution in [0.15, 0.2) is 16.4 Å². The molecule has 1 N–H and O–H groups in total. The maximum atomic E-state index is 5.64. The van der Waals surface area contributed by atoms with Crippen LogP contribution in [0.1, 0.15) is 19.8 Å². The van der Waals surface area contributed by atoms with Gasteiger partial charge in [-0.3, -0.25) is 4.90 Å². The fourth-order valence-electron chi connectivity index (χ4n) is 1.64. The van der Waals surface area contributed by atoms with E-state index < -0.39 is 0 Å². The van der Waals surface area contributed by atoms with Crippen molar-refractivity contribution in [3.05, 3.63) is 11.4 Å². The van der Waals surface area contributed by atoms with Gasteiger partial charge in [0, 0.05) is 26.2 Å². The summed E-state index contributed by atoms with van der Waals surface area (Å²) in [6, 6.07) is 0. The molecule has 98 valence electrons. The average molecular weight is 260 g/mol. The Balaban J connectivity index is 1.94. The van der Waals surface area contributed by atoms with Gasteiger partial charge in [0.05, 0.1) is 0 Å². The number of ether oxygens (including phenoxy) is 1. The summed E-state index contributed by atoms with van der Waals surface area (Å²) in [6.07, 6.45) is 4.22.